The maximum atomic E-state index is 2.33. The summed E-state index contributed by atoms with van der Waals surface area (Å²) >= 11 is 0. The molecular weight excluding hydrogens is 134 g/mol. The number of nitrogens with zero attached hydrogens (tertiary/aromatic N) is 1. The van der Waals surface area contributed by atoms with Crippen molar-refractivity contribution in [3.8, 4) is 0 Å². The Morgan fingerprint density at radius 2 is 2.18 bits per heavy atom. The average molecular weight is 147 g/mol. The van der Waals surface area contributed by atoms with Gasteiger partial charge in [0.25, 0.3) is 0 Å². The van der Waals surface area contributed by atoms with Gasteiger partial charge in [0.05, 0.1) is 0 Å². The Labute approximate surface area is 67.7 Å². The first-order valence-corrected chi connectivity index (χ1v) is 4.04. The normalized spacial score (nSPS) is 25.3. The first kappa shape index (κ1) is 6.71. The lowest BCUT2D eigenvalue weighted by Crippen LogP contribution is -2.34. The van der Waals surface area contributed by atoms with Crippen molar-refractivity contribution in [2.24, 2.45) is 0 Å². The van der Waals surface area contributed by atoms with Gasteiger partial charge < -0.3 is 4.90 Å². The molecule has 1 nitrogen and oxygen atoms in total. The van der Waals surface area contributed by atoms with E-state index in [2.05, 4.69) is 49.3 Å². The predicted molar refractivity (Wildman–Crippen MR) is 46.9 cm³/mol. The molecule has 0 fully saturated rings. The second-order valence-corrected chi connectivity index (χ2v) is 3.72. The zero-order valence-corrected chi connectivity index (χ0v) is 7.04. The fraction of sp³-hybridized carbons (Fsp3) is 0.400. The Kier molecular flexibility index (Phi) is 1.22. The fourth-order valence-corrected chi connectivity index (χ4v) is 1.63. The molecule has 0 atom stereocenters. The van der Waals surface area contributed by atoms with Gasteiger partial charge in [-0.05, 0) is 32.4 Å². The highest BCUT2D eigenvalue weighted by Crippen LogP contribution is 2.33. The number of fused-ring (bicyclic) bond motifs is 1. The van der Waals surface area contributed by atoms with Crippen molar-refractivity contribution < 1.29 is 0 Å². The van der Waals surface area contributed by atoms with E-state index in [1.165, 1.54) is 5.70 Å². The molecule has 2 rings (SSSR count). The van der Waals surface area contributed by atoms with Crippen LogP contribution in [0.25, 0.3) is 0 Å². The van der Waals surface area contributed by atoms with Crippen molar-refractivity contribution in [3.05, 3.63) is 36.2 Å². The SMILES string of the molecule is CC1(C)CC=C2C=CC=CN21. The molecular formula is C10H13N. The third kappa shape index (κ3) is 0.917. The van der Waals surface area contributed by atoms with Crippen molar-refractivity contribution >= 4 is 0 Å². The average Bonchev–Trinajstić information content (AvgIpc) is 2.29. The molecule has 58 valence electrons. The number of hydrogen-bond acceptors (Lipinski definition) is 1. The summed E-state index contributed by atoms with van der Waals surface area (Å²) in [6.45, 7) is 4.53. The maximum Gasteiger partial charge on any atom is 0.0424 e. The summed E-state index contributed by atoms with van der Waals surface area (Å²) in [6, 6.07) is 0. The summed E-state index contributed by atoms with van der Waals surface area (Å²) < 4.78 is 0. The lowest BCUT2D eigenvalue weighted by Gasteiger charge is -2.33. The summed E-state index contributed by atoms with van der Waals surface area (Å²) in [7, 11) is 0. The van der Waals surface area contributed by atoms with Gasteiger partial charge in [0, 0.05) is 17.4 Å². The van der Waals surface area contributed by atoms with E-state index in [0.717, 1.165) is 6.42 Å². The van der Waals surface area contributed by atoms with Gasteiger partial charge in [0.2, 0.25) is 0 Å². The van der Waals surface area contributed by atoms with Crippen LogP contribution in [0.3, 0.4) is 0 Å². The summed E-state index contributed by atoms with van der Waals surface area (Å²) in [5.74, 6) is 0. The standard InChI is InChI=1S/C10H13N/c1-10(2)7-6-9-5-3-4-8-11(9)10/h3-6,8H,7H2,1-2H3. The molecule has 0 radical (unpaired) electrons. The van der Waals surface area contributed by atoms with Gasteiger partial charge in [-0.15, -0.1) is 0 Å². The molecule has 0 amide bonds. The Morgan fingerprint density at radius 3 is 2.91 bits per heavy atom. The van der Waals surface area contributed by atoms with E-state index in [4.69, 9.17) is 0 Å². The van der Waals surface area contributed by atoms with Crippen LogP contribution in [0.1, 0.15) is 20.3 Å². The number of hydrogen-bond donors (Lipinski definition) is 0. The molecule has 2 aliphatic heterocycles. The van der Waals surface area contributed by atoms with Crippen molar-refractivity contribution in [1.82, 2.24) is 4.90 Å². The molecule has 0 N–H and O–H groups in total. The Balaban J connectivity index is 2.35. The minimum Gasteiger partial charge on any atom is -0.342 e. The van der Waals surface area contributed by atoms with E-state index in [0.29, 0.717) is 0 Å². The van der Waals surface area contributed by atoms with Gasteiger partial charge in [-0.2, -0.15) is 0 Å². The van der Waals surface area contributed by atoms with Crippen LogP contribution in [-0.4, -0.2) is 10.4 Å². The molecule has 0 aromatic carbocycles. The van der Waals surface area contributed by atoms with Crippen molar-refractivity contribution in [1.29, 1.82) is 0 Å². The lowest BCUT2D eigenvalue weighted by molar-refractivity contribution is 0.268. The zero-order valence-electron chi connectivity index (χ0n) is 7.04. The van der Waals surface area contributed by atoms with Crippen LogP contribution in [-0.2, 0) is 0 Å². The van der Waals surface area contributed by atoms with Crippen LogP contribution in [0, 0.1) is 0 Å². The molecule has 0 bridgehead atoms. The second kappa shape index (κ2) is 2.00. The molecule has 0 aromatic heterocycles. The molecule has 1 heteroatoms. The minimum atomic E-state index is 0.288. The van der Waals surface area contributed by atoms with Crippen molar-refractivity contribution in [2.45, 2.75) is 25.8 Å². The van der Waals surface area contributed by atoms with E-state index >= 15 is 0 Å². The molecule has 11 heavy (non-hydrogen) atoms. The molecule has 0 aromatic rings. The minimum absolute atomic E-state index is 0.288. The van der Waals surface area contributed by atoms with E-state index < -0.39 is 0 Å². The lowest BCUT2D eigenvalue weighted by atomic mass is 10.0. The topological polar surface area (TPSA) is 3.24 Å². The van der Waals surface area contributed by atoms with Gasteiger partial charge in [0.15, 0.2) is 0 Å². The molecule has 0 saturated carbocycles. The predicted octanol–water partition coefficient (Wildman–Crippen LogP) is 2.44. The number of rotatable bonds is 0. The first-order valence-electron chi connectivity index (χ1n) is 4.04. The molecule has 0 aliphatic carbocycles. The molecule has 2 aliphatic rings. The fourth-order valence-electron chi connectivity index (χ4n) is 1.63. The highest BCUT2D eigenvalue weighted by Gasteiger charge is 2.30. The quantitative estimate of drug-likeness (QED) is 0.508. The molecule has 2 heterocycles. The monoisotopic (exact) mass is 147 g/mol. The highest BCUT2D eigenvalue weighted by molar-refractivity contribution is 5.33. The largest absolute Gasteiger partial charge is 0.342 e. The maximum absolute atomic E-state index is 2.33. The summed E-state index contributed by atoms with van der Waals surface area (Å²) in [4.78, 5) is 2.33. The van der Waals surface area contributed by atoms with Crippen LogP contribution >= 0.6 is 0 Å². The van der Waals surface area contributed by atoms with Crippen LogP contribution in [0.4, 0.5) is 0 Å². The first-order chi connectivity index (χ1) is 5.20. The Bertz CT molecular complexity index is 256. The van der Waals surface area contributed by atoms with E-state index in [9.17, 15) is 0 Å². The third-order valence-corrected chi connectivity index (χ3v) is 2.35. The summed E-state index contributed by atoms with van der Waals surface area (Å²) in [6.07, 6.45) is 11.9. The van der Waals surface area contributed by atoms with E-state index in [1.807, 2.05) is 0 Å². The third-order valence-electron chi connectivity index (χ3n) is 2.35. The Morgan fingerprint density at radius 1 is 1.36 bits per heavy atom. The van der Waals surface area contributed by atoms with Crippen LogP contribution in [0.5, 0.6) is 0 Å². The van der Waals surface area contributed by atoms with Gasteiger partial charge in [-0.3, -0.25) is 0 Å². The second-order valence-electron chi connectivity index (χ2n) is 3.72. The molecule has 0 spiro atoms. The zero-order chi connectivity index (χ0) is 7.90. The van der Waals surface area contributed by atoms with Crippen LogP contribution in [0.15, 0.2) is 36.2 Å². The molecule has 0 unspecified atom stereocenters. The highest BCUT2D eigenvalue weighted by atomic mass is 15.2. The smallest absolute Gasteiger partial charge is 0.0424 e. The number of allylic oxidation sites excluding steroid dienone is 3. The van der Waals surface area contributed by atoms with Crippen LogP contribution in [0.2, 0.25) is 0 Å². The van der Waals surface area contributed by atoms with Gasteiger partial charge in [-0.25, -0.2) is 0 Å². The summed E-state index contributed by atoms with van der Waals surface area (Å²) in [5, 5.41) is 0. The summed E-state index contributed by atoms with van der Waals surface area (Å²) in [5.41, 5.74) is 1.63. The van der Waals surface area contributed by atoms with E-state index in [1.54, 1.807) is 0 Å². The van der Waals surface area contributed by atoms with Gasteiger partial charge in [0.1, 0.15) is 0 Å². The molecule has 0 saturated heterocycles. The van der Waals surface area contributed by atoms with Crippen molar-refractivity contribution in [2.75, 3.05) is 0 Å². The van der Waals surface area contributed by atoms with Crippen molar-refractivity contribution in [3.63, 3.8) is 0 Å². The Hall–Kier alpha value is -0.980. The van der Waals surface area contributed by atoms with Gasteiger partial charge >= 0.3 is 0 Å². The van der Waals surface area contributed by atoms with Crippen LogP contribution < -0.4 is 0 Å². The van der Waals surface area contributed by atoms with E-state index in [-0.39, 0.29) is 5.54 Å². The van der Waals surface area contributed by atoms with Gasteiger partial charge in [-0.1, -0.05) is 12.2 Å².